The van der Waals surface area contributed by atoms with E-state index in [-0.39, 0.29) is 0 Å². The molecule has 2 atom stereocenters. The largest absolute Gasteiger partial charge is 0.0808 e. The quantitative estimate of drug-likeness (QED) is 0.458. The van der Waals surface area contributed by atoms with Gasteiger partial charge in [0, 0.05) is 0 Å². The van der Waals surface area contributed by atoms with Crippen LogP contribution in [-0.2, 0) is 0 Å². The van der Waals surface area contributed by atoms with Crippen LogP contribution in [-0.4, -0.2) is 0 Å². The first-order chi connectivity index (χ1) is 4.47. The molecule has 2 aliphatic carbocycles. The molecule has 0 amide bonds. The van der Waals surface area contributed by atoms with Crippen LogP contribution in [0.15, 0.2) is 36.5 Å². The van der Waals surface area contributed by atoms with Crippen LogP contribution in [0.2, 0.25) is 0 Å². The Balaban J connectivity index is 2.19. The van der Waals surface area contributed by atoms with E-state index >= 15 is 0 Å². The molecule has 0 aromatic rings. The van der Waals surface area contributed by atoms with E-state index in [0.717, 1.165) is 11.8 Å². The number of fused-ring (bicyclic) bond motifs is 1. The lowest BCUT2D eigenvalue weighted by Crippen LogP contribution is -1.72. The summed E-state index contributed by atoms with van der Waals surface area (Å²) in [5.41, 5.74) is 0. The van der Waals surface area contributed by atoms with Crippen molar-refractivity contribution in [1.29, 1.82) is 0 Å². The second-order valence-electron chi connectivity index (χ2n) is 2.72. The lowest BCUT2D eigenvalue weighted by Gasteiger charge is -1.85. The van der Waals surface area contributed by atoms with Crippen molar-refractivity contribution in [3.63, 3.8) is 0 Å². The number of hydrogen-bond donors (Lipinski definition) is 0. The van der Waals surface area contributed by atoms with Gasteiger partial charge < -0.3 is 0 Å². The molecule has 1 saturated carbocycles. The van der Waals surface area contributed by atoms with Gasteiger partial charge in [-0.05, 0) is 18.3 Å². The number of allylic oxidation sites excluding steroid dienone is 6. The molecule has 0 bridgehead atoms. The van der Waals surface area contributed by atoms with Crippen molar-refractivity contribution >= 4 is 0 Å². The minimum atomic E-state index is 0.867. The molecule has 0 saturated heterocycles. The summed E-state index contributed by atoms with van der Waals surface area (Å²) < 4.78 is 0. The molecule has 2 rings (SSSR count). The van der Waals surface area contributed by atoms with Gasteiger partial charge in [0.1, 0.15) is 0 Å². The highest BCUT2D eigenvalue weighted by Crippen LogP contribution is 2.41. The molecule has 0 nitrogen and oxygen atoms in total. The molecule has 0 heteroatoms. The summed E-state index contributed by atoms with van der Waals surface area (Å²) in [6, 6.07) is 0. The summed E-state index contributed by atoms with van der Waals surface area (Å²) in [5.74, 6) is 1.73. The summed E-state index contributed by atoms with van der Waals surface area (Å²) in [7, 11) is 0. The molecule has 9 heavy (non-hydrogen) atoms. The molecular formula is C9H10. The molecule has 2 aliphatic rings. The molecule has 46 valence electrons. The van der Waals surface area contributed by atoms with Crippen molar-refractivity contribution in [1.82, 2.24) is 0 Å². The summed E-state index contributed by atoms with van der Waals surface area (Å²) >= 11 is 0. The molecule has 1 fully saturated rings. The van der Waals surface area contributed by atoms with Crippen molar-refractivity contribution in [2.24, 2.45) is 11.8 Å². The Morgan fingerprint density at radius 2 is 1.33 bits per heavy atom. The first kappa shape index (κ1) is 5.04. The smallest absolute Gasteiger partial charge is 0.0161 e. The Morgan fingerprint density at radius 3 is 1.89 bits per heavy atom. The van der Waals surface area contributed by atoms with Crippen LogP contribution in [0.4, 0.5) is 0 Å². The predicted octanol–water partition coefficient (Wildman–Crippen LogP) is 2.30. The lowest BCUT2D eigenvalue weighted by atomic mass is 10.2. The Kier molecular flexibility index (Phi) is 1.05. The monoisotopic (exact) mass is 118 g/mol. The van der Waals surface area contributed by atoms with Gasteiger partial charge in [-0.2, -0.15) is 0 Å². The summed E-state index contributed by atoms with van der Waals surface area (Å²) in [5, 5.41) is 0. The van der Waals surface area contributed by atoms with Crippen molar-refractivity contribution in [2.45, 2.75) is 6.42 Å². The molecule has 0 N–H and O–H groups in total. The van der Waals surface area contributed by atoms with Crippen LogP contribution < -0.4 is 0 Å². The fraction of sp³-hybridized carbons (Fsp3) is 0.333. The van der Waals surface area contributed by atoms with Crippen molar-refractivity contribution in [3.05, 3.63) is 36.5 Å². The normalized spacial score (nSPS) is 37.3. The molecule has 0 heterocycles. The lowest BCUT2D eigenvalue weighted by molar-refractivity contribution is 0.993. The van der Waals surface area contributed by atoms with Crippen LogP contribution in [0.3, 0.4) is 0 Å². The van der Waals surface area contributed by atoms with Gasteiger partial charge in [0.15, 0.2) is 0 Å². The van der Waals surface area contributed by atoms with Gasteiger partial charge in [-0.25, -0.2) is 0 Å². The highest BCUT2D eigenvalue weighted by atomic mass is 14.4. The van der Waals surface area contributed by atoms with Crippen LogP contribution in [0.5, 0.6) is 0 Å². The molecule has 0 radical (unpaired) electrons. The maximum atomic E-state index is 2.30. The Bertz CT molecular complexity index is 164. The van der Waals surface area contributed by atoms with E-state index in [4.69, 9.17) is 0 Å². The highest BCUT2D eigenvalue weighted by Gasteiger charge is 2.31. The fourth-order valence-electron chi connectivity index (χ4n) is 1.22. The van der Waals surface area contributed by atoms with Crippen molar-refractivity contribution in [3.8, 4) is 0 Å². The molecule has 0 aromatic heterocycles. The molecule has 0 aromatic carbocycles. The van der Waals surface area contributed by atoms with Gasteiger partial charge >= 0.3 is 0 Å². The number of rotatable bonds is 0. The van der Waals surface area contributed by atoms with E-state index in [1.54, 1.807) is 0 Å². The fourth-order valence-corrected chi connectivity index (χ4v) is 1.22. The van der Waals surface area contributed by atoms with Crippen LogP contribution >= 0.6 is 0 Å². The topological polar surface area (TPSA) is 0 Å². The van der Waals surface area contributed by atoms with Gasteiger partial charge in [-0.15, -0.1) is 0 Å². The minimum absolute atomic E-state index is 0.867. The summed E-state index contributed by atoms with van der Waals surface area (Å²) in [6.45, 7) is 0. The number of hydrogen-bond acceptors (Lipinski definition) is 0. The first-order valence-electron chi connectivity index (χ1n) is 3.48. The second-order valence-corrected chi connectivity index (χ2v) is 2.72. The molecule has 0 spiro atoms. The summed E-state index contributed by atoms with van der Waals surface area (Å²) in [6.07, 6.45) is 14.4. The van der Waals surface area contributed by atoms with E-state index in [9.17, 15) is 0 Å². The average molecular weight is 118 g/mol. The third kappa shape index (κ3) is 0.973. The third-order valence-electron chi connectivity index (χ3n) is 1.94. The van der Waals surface area contributed by atoms with Gasteiger partial charge in [-0.1, -0.05) is 36.5 Å². The Morgan fingerprint density at radius 1 is 0.778 bits per heavy atom. The maximum Gasteiger partial charge on any atom is -0.0161 e. The third-order valence-corrected chi connectivity index (χ3v) is 1.94. The van der Waals surface area contributed by atoms with Crippen LogP contribution in [0.1, 0.15) is 6.42 Å². The predicted molar refractivity (Wildman–Crippen MR) is 39.0 cm³/mol. The second kappa shape index (κ2) is 1.87. The Labute approximate surface area is 55.6 Å². The molecular weight excluding hydrogens is 108 g/mol. The molecule has 0 aliphatic heterocycles. The maximum absolute atomic E-state index is 2.30. The van der Waals surface area contributed by atoms with Gasteiger partial charge in [0.2, 0.25) is 0 Å². The summed E-state index contributed by atoms with van der Waals surface area (Å²) in [4.78, 5) is 0. The molecule has 2 unspecified atom stereocenters. The Hall–Kier alpha value is -0.780. The van der Waals surface area contributed by atoms with E-state index in [2.05, 4.69) is 36.5 Å². The SMILES string of the molecule is C1=CC=CC2CC2C=C1. The first-order valence-corrected chi connectivity index (χ1v) is 3.48. The highest BCUT2D eigenvalue weighted by molar-refractivity contribution is 5.21. The van der Waals surface area contributed by atoms with E-state index < -0.39 is 0 Å². The van der Waals surface area contributed by atoms with Crippen LogP contribution in [0, 0.1) is 11.8 Å². The zero-order valence-corrected chi connectivity index (χ0v) is 5.33. The van der Waals surface area contributed by atoms with Crippen molar-refractivity contribution < 1.29 is 0 Å². The van der Waals surface area contributed by atoms with E-state index in [1.807, 2.05) is 0 Å². The average Bonchev–Trinajstić information content (AvgIpc) is 2.46. The van der Waals surface area contributed by atoms with Gasteiger partial charge in [-0.3, -0.25) is 0 Å². The zero-order valence-electron chi connectivity index (χ0n) is 5.33. The van der Waals surface area contributed by atoms with Crippen molar-refractivity contribution in [2.75, 3.05) is 0 Å². The van der Waals surface area contributed by atoms with E-state index in [0.29, 0.717) is 0 Å². The van der Waals surface area contributed by atoms with Crippen LogP contribution in [0.25, 0.3) is 0 Å². The minimum Gasteiger partial charge on any atom is -0.0808 e. The zero-order chi connectivity index (χ0) is 6.10. The standard InChI is InChI=1S/C9H10/c1-2-4-6-9-7-8(9)5-3-1/h1-6,8-9H,7H2. The van der Waals surface area contributed by atoms with Gasteiger partial charge in [0.25, 0.3) is 0 Å². The van der Waals surface area contributed by atoms with E-state index in [1.165, 1.54) is 6.42 Å². The van der Waals surface area contributed by atoms with Gasteiger partial charge in [0.05, 0.1) is 0 Å².